The number of hydrogen-bond donors (Lipinski definition) is 2. The van der Waals surface area contributed by atoms with E-state index in [2.05, 4.69) is 20.3 Å². The molecular weight excluding hydrogens is 212 g/mol. The minimum atomic E-state index is -0.387. The lowest BCUT2D eigenvalue weighted by Crippen LogP contribution is -2.49. The van der Waals surface area contributed by atoms with Gasteiger partial charge in [0.1, 0.15) is 0 Å². The Balaban J connectivity index is 1.91. The molecular formula is C9H14N4O3. The lowest BCUT2D eigenvalue weighted by atomic mass is 9.80. The van der Waals surface area contributed by atoms with Crippen molar-refractivity contribution < 1.29 is 14.2 Å². The molecule has 2 rings (SSSR count). The highest BCUT2D eigenvalue weighted by molar-refractivity contribution is 5.96. The number of carbonyl (C=O) groups is 1. The van der Waals surface area contributed by atoms with E-state index >= 15 is 0 Å². The van der Waals surface area contributed by atoms with Crippen LogP contribution < -0.4 is 11.1 Å². The van der Waals surface area contributed by atoms with Crippen molar-refractivity contribution in [3.05, 3.63) is 5.69 Å². The van der Waals surface area contributed by atoms with Crippen molar-refractivity contribution in [1.82, 2.24) is 15.6 Å². The van der Waals surface area contributed by atoms with Crippen LogP contribution in [0.4, 0.5) is 5.82 Å². The first kappa shape index (κ1) is 10.9. The van der Waals surface area contributed by atoms with Crippen LogP contribution in [0.3, 0.4) is 0 Å². The topological polar surface area (TPSA) is 103 Å². The molecule has 1 amide bonds. The van der Waals surface area contributed by atoms with Gasteiger partial charge in [0, 0.05) is 13.7 Å². The van der Waals surface area contributed by atoms with Gasteiger partial charge in [-0.15, -0.1) is 0 Å². The summed E-state index contributed by atoms with van der Waals surface area (Å²) in [5, 5.41) is 9.47. The molecule has 0 unspecified atom stereocenters. The number of amides is 1. The fourth-order valence-electron chi connectivity index (χ4n) is 1.70. The van der Waals surface area contributed by atoms with E-state index in [9.17, 15) is 4.79 Å². The second kappa shape index (κ2) is 4.09. The molecule has 1 aromatic heterocycles. The maximum Gasteiger partial charge on any atom is 0.277 e. The Morgan fingerprint density at radius 2 is 2.38 bits per heavy atom. The van der Waals surface area contributed by atoms with Crippen LogP contribution >= 0.6 is 0 Å². The molecule has 88 valence electrons. The van der Waals surface area contributed by atoms with E-state index in [0.29, 0.717) is 6.54 Å². The molecule has 0 bridgehead atoms. The average molecular weight is 226 g/mol. The summed E-state index contributed by atoms with van der Waals surface area (Å²) in [6.45, 7) is 0.453. The van der Waals surface area contributed by atoms with Crippen LogP contribution in [0.5, 0.6) is 0 Å². The molecule has 1 fully saturated rings. The van der Waals surface area contributed by atoms with Crippen LogP contribution in [0.2, 0.25) is 0 Å². The lowest BCUT2D eigenvalue weighted by Gasteiger charge is -2.40. The second-order valence-corrected chi connectivity index (χ2v) is 3.92. The van der Waals surface area contributed by atoms with Crippen molar-refractivity contribution in [2.24, 2.45) is 0 Å². The summed E-state index contributed by atoms with van der Waals surface area (Å²) in [5.74, 6) is -0.389. The third-order valence-corrected chi connectivity index (χ3v) is 3.00. The zero-order valence-electron chi connectivity index (χ0n) is 9.02. The van der Waals surface area contributed by atoms with Crippen LogP contribution in [-0.4, -0.2) is 35.5 Å². The van der Waals surface area contributed by atoms with Crippen LogP contribution in [0, 0.1) is 0 Å². The molecule has 0 radical (unpaired) electrons. The number of carbonyl (C=O) groups excluding carboxylic acids is 1. The molecule has 7 nitrogen and oxygen atoms in total. The number of aromatic nitrogens is 2. The number of rotatable bonds is 4. The van der Waals surface area contributed by atoms with Crippen LogP contribution in [0.15, 0.2) is 4.63 Å². The quantitative estimate of drug-likeness (QED) is 0.746. The predicted octanol–water partition coefficient (Wildman–Crippen LogP) is -0.0493. The Labute approximate surface area is 92.3 Å². The molecule has 1 aliphatic carbocycles. The number of nitrogens with zero attached hydrogens (tertiary/aromatic N) is 2. The first-order valence-corrected chi connectivity index (χ1v) is 5.08. The number of nitrogen functional groups attached to an aromatic ring is 1. The summed E-state index contributed by atoms with van der Waals surface area (Å²) in [6, 6.07) is 0. The van der Waals surface area contributed by atoms with Crippen LogP contribution in [0.1, 0.15) is 29.8 Å². The summed E-state index contributed by atoms with van der Waals surface area (Å²) in [7, 11) is 1.65. The van der Waals surface area contributed by atoms with Crippen LogP contribution in [0.25, 0.3) is 0 Å². The Morgan fingerprint density at radius 1 is 1.62 bits per heavy atom. The van der Waals surface area contributed by atoms with Gasteiger partial charge in [-0.3, -0.25) is 4.79 Å². The highest BCUT2D eigenvalue weighted by atomic mass is 16.6. The third-order valence-electron chi connectivity index (χ3n) is 3.00. The molecule has 7 heteroatoms. The number of ether oxygens (including phenoxy) is 1. The van der Waals surface area contributed by atoms with Gasteiger partial charge >= 0.3 is 0 Å². The summed E-state index contributed by atoms with van der Waals surface area (Å²) in [4.78, 5) is 11.6. The minimum Gasteiger partial charge on any atom is -0.379 e. The first-order valence-electron chi connectivity index (χ1n) is 5.08. The molecule has 0 atom stereocenters. The average Bonchev–Trinajstić information content (AvgIpc) is 2.63. The monoisotopic (exact) mass is 226 g/mol. The molecule has 1 aromatic rings. The van der Waals surface area contributed by atoms with E-state index in [4.69, 9.17) is 10.5 Å². The fourth-order valence-corrected chi connectivity index (χ4v) is 1.70. The summed E-state index contributed by atoms with van der Waals surface area (Å²) in [5.41, 5.74) is 5.20. The summed E-state index contributed by atoms with van der Waals surface area (Å²) in [6.07, 6.45) is 3.03. The molecule has 0 spiro atoms. The van der Waals surface area contributed by atoms with Gasteiger partial charge < -0.3 is 15.8 Å². The number of hydrogen-bond acceptors (Lipinski definition) is 6. The molecule has 1 heterocycles. The zero-order chi connectivity index (χ0) is 11.6. The van der Waals surface area contributed by atoms with Gasteiger partial charge in [0.2, 0.25) is 11.5 Å². The number of methoxy groups -OCH3 is 1. The smallest absolute Gasteiger partial charge is 0.277 e. The van der Waals surface area contributed by atoms with Gasteiger partial charge in [0.05, 0.1) is 5.60 Å². The molecule has 1 saturated carbocycles. The summed E-state index contributed by atoms with van der Waals surface area (Å²) >= 11 is 0. The Bertz CT molecular complexity index is 380. The SMILES string of the molecule is COC1(CNC(=O)c2nonc2N)CCC1. The van der Waals surface area contributed by atoms with Crippen molar-refractivity contribution in [2.45, 2.75) is 24.9 Å². The highest BCUT2D eigenvalue weighted by Crippen LogP contribution is 2.34. The molecule has 3 N–H and O–H groups in total. The van der Waals surface area contributed by atoms with E-state index in [1.807, 2.05) is 0 Å². The minimum absolute atomic E-state index is 0.00224. The number of nitrogens with two attached hydrogens (primary N) is 1. The van der Waals surface area contributed by atoms with Gasteiger partial charge in [0.25, 0.3) is 5.91 Å². The van der Waals surface area contributed by atoms with Crippen molar-refractivity contribution in [3.8, 4) is 0 Å². The Morgan fingerprint density at radius 3 is 2.81 bits per heavy atom. The van der Waals surface area contributed by atoms with Crippen molar-refractivity contribution >= 4 is 11.7 Å². The zero-order valence-corrected chi connectivity index (χ0v) is 9.02. The highest BCUT2D eigenvalue weighted by Gasteiger charge is 2.37. The van der Waals surface area contributed by atoms with Gasteiger partial charge in [-0.05, 0) is 29.6 Å². The summed E-state index contributed by atoms with van der Waals surface area (Å²) < 4.78 is 9.71. The standard InChI is InChI=1S/C9H14N4O3/c1-15-9(3-2-4-9)5-11-8(14)6-7(10)13-16-12-6/h2-5H2,1H3,(H2,10,13)(H,11,14). The molecule has 0 aliphatic heterocycles. The maximum absolute atomic E-state index is 11.6. The van der Waals surface area contributed by atoms with Crippen molar-refractivity contribution in [1.29, 1.82) is 0 Å². The molecule has 0 saturated heterocycles. The Kier molecular flexibility index (Phi) is 2.78. The van der Waals surface area contributed by atoms with E-state index in [1.165, 1.54) is 0 Å². The van der Waals surface area contributed by atoms with Gasteiger partial charge in [0.15, 0.2) is 0 Å². The largest absolute Gasteiger partial charge is 0.379 e. The van der Waals surface area contributed by atoms with Crippen LogP contribution in [-0.2, 0) is 4.74 Å². The first-order chi connectivity index (χ1) is 7.67. The van der Waals surface area contributed by atoms with Gasteiger partial charge in [-0.1, -0.05) is 0 Å². The van der Waals surface area contributed by atoms with E-state index in [0.717, 1.165) is 19.3 Å². The molecule has 0 aromatic carbocycles. The van der Waals surface area contributed by atoms with E-state index < -0.39 is 0 Å². The number of nitrogens with one attached hydrogen (secondary N) is 1. The van der Waals surface area contributed by atoms with Gasteiger partial charge in [-0.2, -0.15) is 0 Å². The van der Waals surface area contributed by atoms with E-state index in [1.54, 1.807) is 7.11 Å². The molecule has 16 heavy (non-hydrogen) atoms. The van der Waals surface area contributed by atoms with Crippen molar-refractivity contribution in [3.63, 3.8) is 0 Å². The predicted molar refractivity (Wildman–Crippen MR) is 54.6 cm³/mol. The third kappa shape index (κ3) is 1.85. The van der Waals surface area contributed by atoms with Crippen molar-refractivity contribution in [2.75, 3.05) is 19.4 Å². The maximum atomic E-state index is 11.6. The van der Waals surface area contributed by atoms with Gasteiger partial charge in [-0.25, -0.2) is 4.63 Å². The lowest BCUT2D eigenvalue weighted by molar-refractivity contribution is -0.0679. The normalized spacial score (nSPS) is 17.8. The number of anilines is 1. The second-order valence-electron chi connectivity index (χ2n) is 3.92. The fraction of sp³-hybridized carbons (Fsp3) is 0.667. The molecule has 1 aliphatic rings. The van der Waals surface area contributed by atoms with E-state index in [-0.39, 0.29) is 23.0 Å². The Hall–Kier alpha value is -1.63.